The van der Waals surface area contributed by atoms with Gasteiger partial charge in [0.2, 0.25) is 10.9 Å². The van der Waals surface area contributed by atoms with Crippen LogP contribution in [0.5, 0.6) is 0 Å². The Morgan fingerprint density at radius 1 is 1.26 bits per heavy atom. The molecule has 1 amide bonds. The first kappa shape index (κ1) is 17.4. The minimum atomic E-state index is -0.874. The number of rotatable bonds is 4. The van der Waals surface area contributed by atoms with Crippen LogP contribution in [0.1, 0.15) is 27.9 Å². The van der Waals surface area contributed by atoms with Gasteiger partial charge in [0.05, 0.1) is 11.6 Å². The third-order valence-electron chi connectivity index (χ3n) is 4.16. The van der Waals surface area contributed by atoms with Gasteiger partial charge in [-0.25, -0.2) is 0 Å². The van der Waals surface area contributed by atoms with E-state index < -0.39 is 23.5 Å². The average Bonchev–Trinajstić information content (AvgIpc) is 3.37. The molecule has 3 heterocycles. The molecule has 0 radical (unpaired) electrons. The first-order chi connectivity index (χ1) is 13.0. The molecular formula is C18H12ClN3O4S. The molecule has 136 valence electrons. The van der Waals surface area contributed by atoms with Crippen molar-refractivity contribution in [3.63, 3.8) is 0 Å². The molecule has 1 aliphatic heterocycles. The number of aryl methyl sites for hydroxylation is 1. The summed E-state index contributed by atoms with van der Waals surface area (Å²) < 4.78 is 5.40. The van der Waals surface area contributed by atoms with Gasteiger partial charge in [0.25, 0.3) is 5.91 Å². The molecule has 4 rings (SSSR count). The lowest BCUT2D eigenvalue weighted by Gasteiger charge is -2.23. The second kappa shape index (κ2) is 6.64. The Morgan fingerprint density at radius 3 is 2.59 bits per heavy atom. The number of aliphatic hydroxyl groups excluding tert-OH is 1. The van der Waals surface area contributed by atoms with Crippen molar-refractivity contribution < 1.29 is 19.1 Å². The van der Waals surface area contributed by atoms with Crippen LogP contribution in [-0.2, 0) is 4.79 Å². The molecule has 0 saturated heterocycles. The smallest absolute Gasteiger partial charge is 0.296 e. The number of halogens is 1. The third-order valence-corrected chi connectivity index (χ3v) is 5.10. The van der Waals surface area contributed by atoms with Crippen molar-refractivity contribution in [3.8, 4) is 0 Å². The zero-order chi connectivity index (χ0) is 19.1. The first-order valence-electron chi connectivity index (χ1n) is 7.87. The highest BCUT2D eigenvalue weighted by Gasteiger charge is 2.46. The molecule has 0 fully saturated rings. The fourth-order valence-corrected chi connectivity index (χ4v) is 3.67. The molecule has 9 heteroatoms. The van der Waals surface area contributed by atoms with E-state index in [1.807, 2.05) is 0 Å². The van der Waals surface area contributed by atoms with Gasteiger partial charge in [0.15, 0.2) is 11.5 Å². The highest BCUT2D eigenvalue weighted by Crippen LogP contribution is 2.42. The van der Waals surface area contributed by atoms with E-state index >= 15 is 0 Å². The largest absolute Gasteiger partial charge is 0.503 e. The van der Waals surface area contributed by atoms with E-state index in [9.17, 15) is 14.7 Å². The zero-order valence-corrected chi connectivity index (χ0v) is 15.5. The van der Waals surface area contributed by atoms with E-state index in [2.05, 4.69) is 10.2 Å². The van der Waals surface area contributed by atoms with Crippen LogP contribution < -0.4 is 4.90 Å². The summed E-state index contributed by atoms with van der Waals surface area (Å²) in [6.07, 6.45) is 0. The molecule has 1 atom stereocenters. The molecule has 3 aromatic rings. The summed E-state index contributed by atoms with van der Waals surface area (Å²) in [5.74, 6) is -1.34. The topological polar surface area (TPSA) is 96.5 Å². The van der Waals surface area contributed by atoms with E-state index in [0.29, 0.717) is 16.3 Å². The molecule has 7 nitrogen and oxygen atoms in total. The quantitative estimate of drug-likeness (QED) is 0.666. The van der Waals surface area contributed by atoms with Crippen LogP contribution in [0.2, 0.25) is 5.02 Å². The summed E-state index contributed by atoms with van der Waals surface area (Å²) in [5, 5.41) is 19.0. The van der Waals surface area contributed by atoms with E-state index in [1.165, 1.54) is 16.5 Å². The molecular weight excluding hydrogens is 390 g/mol. The van der Waals surface area contributed by atoms with Crippen LogP contribution in [0.4, 0.5) is 5.13 Å². The zero-order valence-electron chi connectivity index (χ0n) is 13.9. The number of furan rings is 1. The van der Waals surface area contributed by atoms with Crippen LogP contribution >= 0.6 is 22.9 Å². The Balaban J connectivity index is 1.87. The second-order valence-electron chi connectivity index (χ2n) is 5.85. The number of hydrogen-bond donors (Lipinski definition) is 1. The van der Waals surface area contributed by atoms with E-state index in [4.69, 9.17) is 16.0 Å². The number of Topliss-reactive ketones (excluding diaryl/α,β-unsaturated/α-hetero) is 1. The van der Waals surface area contributed by atoms with Crippen LogP contribution in [0, 0.1) is 6.92 Å². The standard InChI is InChI=1S/C18H12ClN3O4S/c1-9-2-7-12(26-9)15(23)13-14(10-3-5-11(19)6-4-10)22(17(25)16(13)24)18-21-20-8-27-18/h2-8,14,24H,1H3. The Morgan fingerprint density at radius 2 is 2.00 bits per heavy atom. The van der Waals surface area contributed by atoms with Gasteiger partial charge in [-0.05, 0) is 36.8 Å². The number of amides is 1. The van der Waals surface area contributed by atoms with Crippen molar-refractivity contribution in [1.29, 1.82) is 0 Å². The van der Waals surface area contributed by atoms with Gasteiger partial charge in [-0.15, -0.1) is 10.2 Å². The molecule has 27 heavy (non-hydrogen) atoms. The SMILES string of the molecule is Cc1ccc(C(=O)C2=C(O)C(=O)N(c3nncs3)C2c2ccc(Cl)cc2)o1. The summed E-state index contributed by atoms with van der Waals surface area (Å²) in [6.45, 7) is 1.70. The van der Waals surface area contributed by atoms with Gasteiger partial charge in [0.1, 0.15) is 11.3 Å². The molecule has 1 aromatic carbocycles. The molecule has 1 unspecified atom stereocenters. The lowest BCUT2D eigenvalue weighted by Crippen LogP contribution is -2.31. The van der Waals surface area contributed by atoms with Crippen molar-refractivity contribution in [2.75, 3.05) is 4.90 Å². The van der Waals surface area contributed by atoms with Gasteiger partial charge in [-0.1, -0.05) is 35.1 Å². The Kier molecular flexibility index (Phi) is 4.29. The number of benzene rings is 1. The number of carbonyl (C=O) groups is 2. The highest BCUT2D eigenvalue weighted by molar-refractivity contribution is 7.13. The number of carbonyl (C=O) groups excluding carboxylic acids is 2. The Labute approximate surface area is 162 Å². The van der Waals surface area contributed by atoms with Crippen LogP contribution in [0.15, 0.2) is 57.7 Å². The van der Waals surface area contributed by atoms with Crippen molar-refractivity contribution in [2.24, 2.45) is 0 Å². The van der Waals surface area contributed by atoms with Crippen molar-refractivity contribution in [1.82, 2.24) is 10.2 Å². The van der Waals surface area contributed by atoms with Crippen LogP contribution in [0.3, 0.4) is 0 Å². The molecule has 0 saturated carbocycles. The van der Waals surface area contributed by atoms with E-state index in [0.717, 1.165) is 11.3 Å². The van der Waals surface area contributed by atoms with Crippen LogP contribution in [0.25, 0.3) is 0 Å². The maximum atomic E-state index is 13.0. The predicted molar refractivity (Wildman–Crippen MR) is 99.0 cm³/mol. The second-order valence-corrected chi connectivity index (χ2v) is 7.10. The Hall–Kier alpha value is -2.97. The number of hydrogen-bond acceptors (Lipinski definition) is 7. The number of anilines is 1. The number of aromatic nitrogens is 2. The first-order valence-corrected chi connectivity index (χ1v) is 9.12. The molecule has 0 aliphatic carbocycles. The number of aliphatic hydroxyl groups is 1. The van der Waals surface area contributed by atoms with Crippen molar-refractivity contribution >= 4 is 39.8 Å². The minimum absolute atomic E-state index is 0.0416. The van der Waals surface area contributed by atoms with Gasteiger partial charge in [0, 0.05) is 5.02 Å². The predicted octanol–water partition coefficient (Wildman–Crippen LogP) is 3.88. The summed E-state index contributed by atoms with van der Waals surface area (Å²) in [4.78, 5) is 27.0. The van der Waals surface area contributed by atoms with E-state index in [-0.39, 0.29) is 16.5 Å². The van der Waals surface area contributed by atoms with Crippen molar-refractivity contribution in [3.05, 3.63) is 75.3 Å². The molecule has 0 bridgehead atoms. The monoisotopic (exact) mass is 401 g/mol. The Bertz CT molecular complexity index is 1060. The third kappa shape index (κ3) is 2.92. The summed E-state index contributed by atoms with van der Waals surface area (Å²) >= 11 is 7.09. The van der Waals surface area contributed by atoms with Gasteiger partial charge >= 0.3 is 0 Å². The maximum absolute atomic E-state index is 13.0. The maximum Gasteiger partial charge on any atom is 0.296 e. The molecule has 1 N–H and O–H groups in total. The average molecular weight is 402 g/mol. The summed E-state index contributed by atoms with van der Waals surface area (Å²) in [6, 6.07) is 8.94. The fraction of sp³-hybridized carbons (Fsp3) is 0.111. The van der Waals surface area contributed by atoms with Crippen molar-refractivity contribution in [2.45, 2.75) is 13.0 Å². The normalized spacial score (nSPS) is 17.0. The fourth-order valence-electron chi connectivity index (χ4n) is 2.96. The van der Waals surface area contributed by atoms with Gasteiger partial charge in [-0.2, -0.15) is 0 Å². The van der Waals surface area contributed by atoms with Gasteiger partial charge in [-0.3, -0.25) is 14.5 Å². The van der Waals surface area contributed by atoms with Gasteiger partial charge < -0.3 is 9.52 Å². The number of nitrogens with zero attached hydrogens (tertiary/aromatic N) is 3. The van der Waals surface area contributed by atoms with E-state index in [1.54, 1.807) is 37.3 Å². The highest BCUT2D eigenvalue weighted by atomic mass is 35.5. The molecule has 1 aliphatic rings. The number of ketones is 1. The molecule has 0 spiro atoms. The van der Waals surface area contributed by atoms with Crippen LogP contribution in [-0.4, -0.2) is 27.0 Å². The lowest BCUT2D eigenvalue weighted by atomic mass is 9.95. The molecule has 2 aromatic heterocycles. The summed E-state index contributed by atoms with van der Waals surface area (Å²) in [5.41, 5.74) is 1.99. The summed E-state index contributed by atoms with van der Waals surface area (Å²) in [7, 11) is 0. The lowest BCUT2D eigenvalue weighted by molar-refractivity contribution is -0.117. The minimum Gasteiger partial charge on any atom is -0.503 e.